The molecule has 1 aliphatic rings. The third-order valence-electron chi connectivity index (χ3n) is 2.44. The number of aliphatic hydroxyl groups excluding tert-OH is 1. The lowest BCUT2D eigenvalue weighted by atomic mass is 10.1. The summed E-state index contributed by atoms with van der Waals surface area (Å²) in [4.78, 5) is 11.6. The Hall–Kier alpha value is -1.86. The van der Waals surface area contributed by atoms with Crippen LogP contribution in [0.4, 0.5) is 4.39 Å². The second-order valence-corrected chi connectivity index (χ2v) is 3.90. The molecule has 0 unspecified atom stereocenters. The van der Waals surface area contributed by atoms with Crippen LogP contribution in [0.15, 0.2) is 18.2 Å². The lowest BCUT2D eigenvalue weighted by molar-refractivity contribution is 0.0947. The van der Waals surface area contributed by atoms with Gasteiger partial charge in [0.2, 0.25) is 0 Å². The monoisotopic (exact) mass is 233 g/mol. The Morgan fingerprint density at radius 1 is 1.53 bits per heavy atom. The molecule has 4 heteroatoms. The fraction of sp³-hybridized carbons (Fsp3) is 0.308. The van der Waals surface area contributed by atoms with E-state index in [2.05, 4.69) is 17.2 Å². The SMILES string of the molecule is O=C(NC1CC1)c1ccc(C#CCO)cc1F. The molecule has 1 aliphatic carbocycles. The number of benzene rings is 1. The zero-order valence-corrected chi connectivity index (χ0v) is 9.16. The fourth-order valence-corrected chi connectivity index (χ4v) is 1.41. The molecule has 1 aromatic rings. The first-order chi connectivity index (χ1) is 8.20. The van der Waals surface area contributed by atoms with E-state index >= 15 is 0 Å². The Balaban J connectivity index is 2.15. The lowest BCUT2D eigenvalue weighted by Gasteiger charge is -2.04. The summed E-state index contributed by atoms with van der Waals surface area (Å²) in [6.45, 7) is -0.272. The van der Waals surface area contributed by atoms with Crippen molar-refractivity contribution >= 4 is 5.91 Å². The van der Waals surface area contributed by atoms with Crippen LogP contribution in [-0.2, 0) is 0 Å². The fourth-order valence-electron chi connectivity index (χ4n) is 1.41. The van der Waals surface area contributed by atoms with Crippen molar-refractivity contribution in [2.75, 3.05) is 6.61 Å². The van der Waals surface area contributed by atoms with Crippen LogP contribution in [0.3, 0.4) is 0 Å². The van der Waals surface area contributed by atoms with Gasteiger partial charge >= 0.3 is 0 Å². The topological polar surface area (TPSA) is 49.3 Å². The van der Waals surface area contributed by atoms with Crippen molar-refractivity contribution in [2.24, 2.45) is 0 Å². The molecule has 17 heavy (non-hydrogen) atoms. The van der Waals surface area contributed by atoms with Gasteiger partial charge in [-0.2, -0.15) is 0 Å². The van der Waals surface area contributed by atoms with E-state index in [0.29, 0.717) is 5.56 Å². The van der Waals surface area contributed by atoms with Gasteiger partial charge in [-0.25, -0.2) is 4.39 Å². The van der Waals surface area contributed by atoms with E-state index in [1.54, 1.807) is 6.07 Å². The van der Waals surface area contributed by atoms with E-state index < -0.39 is 5.82 Å². The Labute approximate surface area is 98.7 Å². The summed E-state index contributed by atoms with van der Waals surface area (Å²) in [6, 6.07) is 4.38. The van der Waals surface area contributed by atoms with Crippen molar-refractivity contribution in [3.8, 4) is 11.8 Å². The van der Waals surface area contributed by atoms with Crippen LogP contribution in [0.25, 0.3) is 0 Å². The Bertz CT molecular complexity index is 498. The number of carbonyl (C=O) groups excluding carboxylic acids is 1. The molecule has 2 N–H and O–H groups in total. The van der Waals surface area contributed by atoms with Gasteiger partial charge < -0.3 is 10.4 Å². The van der Waals surface area contributed by atoms with E-state index in [-0.39, 0.29) is 24.1 Å². The summed E-state index contributed by atoms with van der Waals surface area (Å²) < 4.78 is 13.6. The summed E-state index contributed by atoms with van der Waals surface area (Å²) in [7, 11) is 0. The lowest BCUT2D eigenvalue weighted by Crippen LogP contribution is -2.26. The maximum atomic E-state index is 13.6. The molecule has 1 saturated carbocycles. The summed E-state index contributed by atoms with van der Waals surface area (Å²) in [5.41, 5.74) is 0.478. The Morgan fingerprint density at radius 3 is 2.88 bits per heavy atom. The van der Waals surface area contributed by atoms with Crippen molar-refractivity contribution in [1.29, 1.82) is 0 Å². The molecule has 1 aromatic carbocycles. The number of aliphatic hydroxyl groups is 1. The van der Waals surface area contributed by atoms with E-state index in [1.807, 2.05) is 0 Å². The maximum Gasteiger partial charge on any atom is 0.254 e. The van der Waals surface area contributed by atoms with Gasteiger partial charge in [0.15, 0.2) is 0 Å². The predicted octanol–water partition coefficient (Wildman–Crippen LogP) is 1.06. The van der Waals surface area contributed by atoms with Crippen molar-refractivity contribution < 1.29 is 14.3 Å². The largest absolute Gasteiger partial charge is 0.384 e. The highest BCUT2D eigenvalue weighted by Gasteiger charge is 2.24. The molecule has 0 heterocycles. The van der Waals surface area contributed by atoms with E-state index in [1.165, 1.54) is 12.1 Å². The Kier molecular flexibility index (Phi) is 3.40. The third-order valence-corrected chi connectivity index (χ3v) is 2.44. The molecular formula is C13H12FNO2. The number of hydrogen-bond acceptors (Lipinski definition) is 2. The molecule has 0 aromatic heterocycles. The minimum absolute atomic E-state index is 0.0337. The second kappa shape index (κ2) is 4.98. The molecule has 88 valence electrons. The van der Waals surface area contributed by atoms with Crippen molar-refractivity contribution in [3.63, 3.8) is 0 Å². The zero-order valence-electron chi connectivity index (χ0n) is 9.16. The average molecular weight is 233 g/mol. The first kappa shape index (κ1) is 11.6. The van der Waals surface area contributed by atoms with Gasteiger partial charge in [-0.1, -0.05) is 11.8 Å². The molecule has 1 amide bonds. The van der Waals surface area contributed by atoms with Crippen LogP contribution in [0.1, 0.15) is 28.8 Å². The van der Waals surface area contributed by atoms with Gasteiger partial charge in [0, 0.05) is 11.6 Å². The van der Waals surface area contributed by atoms with Gasteiger partial charge in [-0.3, -0.25) is 4.79 Å². The number of carbonyl (C=O) groups is 1. The minimum atomic E-state index is -0.590. The van der Waals surface area contributed by atoms with Crippen LogP contribution in [0.2, 0.25) is 0 Å². The summed E-state index contributed by atoms with van der Waals surface area (Å²) in [5.74, 6) is 4.03. The molecule has 0 radical (unpaired) electrons. The normalized spacial score (nSPS) is 13.8. The van der Waals surface area contributed by atoms with Crippen LogP contribution in [-0.4, -0.2) is 23.7 Å². The molecule has 0 saturated heterocycles. The highest BCUT2D eigenvalue weighted by Crippen LogP contribution is 2.20. The van der Waals surface area contributed by atoms with Gasteiger partial charge in [0.25, 0.3) is 5.91 Å². The van der Waals surface area contributed by atoms with Crippen molar-refractivity contribution in [1.82, 2.24) is 5.32 Å². The number of rotatable bonds is 2. The molecule has 1 fully saturated rings. The third kappa shape index (κ3) is 3.05. The molecule has 0 spiro atoms. The van der Waals surface area contributed by atoms with Gasteiger partial charge in [0.1, 0.15) is 12.4 Å². The predicted molar refractivity (Wildman–Crippen MR) is 60.9 cm³/mol. The molecular weight excluding hydrogens is 221 g/mol. The molecule has 0 atom stereocenters. The van der Waals surface area contributed by atoms with E-state index in [0.717, 1.165) is 12.8 Å². The van der Waals surface area contributed by atoms with Crippen LogP contribution < -0.4 is 5.32 Å². The molecule has 3 nitrogen and oxygen atoms in total. The minimum Gasteiger partial charge on any atom is -0.384 e. The van der Waals surface area contributed by atoms with Crippen molar-refractivity contribution in [2.45, 2.75) is 18.9 Å². The molecule has 0 bridgehead atoms. The molecule has 0 aliphatic heterocycles. The van der Waals surface area contributed by atoms with Crippen LogP contribution in [0, 0.1) is 17.7 Å². The van der Waals surface area contributed by atoms with Gasteiger partial charge in [-0.15, -0.1) is 0 Å². The standard InChI is InChI=1S/C13H12FNO2/c14-12-8-9(2-1-7-16)3-6-11(12)13(17)15-10-4-5-10/h3,6,8,10,16H,4-5,7H2,(H,15,17). The average Bonchev–Trinajstić information content (AvgIpc) is 3.10. The van der Waals surface area contributed by atoms with Gasteiger partial charge in [0.05, 0.1) is 5.56 Å². The number of nitrogens with one attached hydrogen (secondary N) is 1. The van der Waals surface area contributed by atoms with Crippen molar-refractivity contribution in [3.05, 3.63) is 35.1 Å². The number of halogens is 1. The molecule has 2 rings (SSSR count). The zero-order chi connectivity index (χ0) is 12.3. The highest BCUT2D eigenvalue weighted by atomic mass is 19.1. The quantitative estimate of drug-likeness (QED) is 0.750. The summed E-state index contributed by atoms with van der Waals surface area (Å²) >= 11 is 0. The number of amides is 1. The highest BCUT2D eigenvalue weighted by molar-refractivity contribution is 5.94. The van der Waals surface area contributed by atoms with Crippen LogP contribution >= 0.6 is 0 Å². The first-order valence-electron chi connectivity index (χ1n) is 5.41. The maximum absolute atomic E-state index is 13.6. The van der Waals surface area contributed by atoms with Crippen LogP contribution in [0.5, 0.6) is 0 Å². The van der Waals surface area contributed by atoms with E-state index in [9.17, 15) is 9.18 Å². The Morgan fingerprint density at radius 2 is 2.29 bits per heavy atom. The first-order valence-corrected chi connectivity index (χ1v) is 5.41. The number of hydrogen-bond donors (Lipinski definition) is 2. The summed E-state index contributed by atoms with van der Waals surface area (Å²) in [5, 5.41) is 11.2. The smallest absolute Gasteiger partial charge is 0.254 e. The second-order valence-electron chi connectivity index (χ2n) is 3.90. The van der Waals surface area contributed by atoms with E-state index in [4.69, 9.17) is 5.11 Å². The van der Waals surface area contributed by atoms with Gasteiger partial charge in [-0.05, 0) is 31.0 Å². The summed E-state index contributed by atoms with van der Waals surface area (Å²) in [6.07, 6.45) is 1.93.